The predicted octanol–water partition coefficient (Wildman–Crippen LogP) is 2.11. The van der Waals surface area contributed by atoms with Crippen molar-refractivity contribution in [3.63, 3.8) is 0 Å². The van der Waals surface area contributed by atoms with Gasteiger partial charge >= 0.3 is 0 Å². The van der Waals surface area contributed by atoms with Crippen LogP contribution in [0.25, 0.3) is 0 Å². The minimum Gasteiger partial charge on any atom is -0.490 e. The maximum Gasteiger partial charge on any atom is 0.197 e. The van der Waals surface area contributed by atoms with Gasteiger partial charge in [0.05, 0.1) is 7.11 Å². The van der Waals surface area contributed by atoms with Crippen LogP contribution in [0.15, 0.2) is 0 Å². The van der Waals surface area contributed by atoms with Crippen LogP contribution in [0, 0.1) is 0 Å². The second kappa shape index (κ2) is 4.26. The maximum atomic E-state index is 5.74. The van der Waals surface area contributed by atoms with E-state index in [0.29, 0.717) is 11.9 Å². The van der Waals surface area contributed by atoms with Crippen LogP contribution >= 0.6 is 11.5 Å². The summed E-state index contributed by atoms with van der Waals surface area (Å²) in [4.78, 5) is 2.26. The van der Waals surface area contributed by atoms with Crippen molar-refractivity contribution in [2.45, 2.75) is 31.7 Å². The van der Waals surface area contributed by atoms with Crippen molar-refractivity contribution in [3.05, 3.63) is 0 Å². The Morgan fingerprint density at radius 3 is 2.73 bits per heavy atom. The minimum atomic E-state index is 0.502. The van der Waals surface area contributed by atoms with Gasteiger partial charge in [-0.1, -0.05) is 12.8 Å². The van der Waals surface area contributed by atoms with Crippen molar-refractivity contribution < 1.29 is 4.74 Å². The zero-order chi connectivity index (χ0) is 10.8. The zero-order valence-corrected chi connectivity index (χ0v) is 10.0. The summed E-state index contributed by atoms with van der Waals surface area (Å²) in [5.41, 5.74) is 5.74. The molecule has 0 amide bonds. The van der Waals surface area contributed by atoms with Crippen molar-refractivity contribution in [3.8, 4) is 5.75 Å². The van der Waals surface area contributed by atoms with E-state index in [1.54, 1.807) is 7.11 Å². The van der Waals surface area contributed by atoms with Gasteiger partial charge in [-0.2, -0.15) is 4.37 Å². The van der Waals surface area contributed by atoms with Crippen LogP contribution in [0.2, 0.25) is 0 Å². The first-order valence-corrected chi connectivity index (χ1v) is 6.03. The highest BCUT2D eigenvalue weighted by molar-refractivity contribution is 7.11. The van der Waals surface area contributed by atoms with E-state index in [1.807, 2.05) is 0 Å². The van der Waals surface area contributed by atoms with Crippen molar-refractivity contribution in [2.75, 3.05) is 24.8 Å². The third-order valence-electron chi connectivity index (χ3n) is 3.05. The summed E-state index contributed by atoms with van der Waals surface area (Å²) < 4.78 is 9.41. The van der Waals surface area contributed by atoms with Gasteiger partial charge < -0.3 is 15.4 Å². The Labute approximate surface area is 94.2 Å². The number of rotatable bonds is 3. The summed E-state index contributed by atoms with van der Waals surface area (Å²) in [7, 11) is 3.75. The highest BCUT2D eigenvalue weighted by atomic mass is 32.1. The van der Waals surface area contributed by atoms with Gasteiger partial charge in [-0.3, -0.25) is 0 Å². The Balaban J connectivity index is 2.20. The molecule has 1 aromatic rings. The van der Waals surface area contributed by atoms with E-state index in [9.17, 15) is 0 Å². The van der Waals surface area contributed by atoms with E-state index in [0.717, 1.165) is 10.8 Å². The monoisotopic (exact) mass is 227 g/mol. The van der Waals surface area contributed by atoms with Crippen LogP contribution in [0.1, 0.15) is 25.7 Å². The summed E-state index contributed by atoms with van der Waals surface area (Å²) in [6, 6.07) is 0.624. The van der Waals surface area contributed by atoms with Crippen LogP contribution in [-0.4, -0.2) is 24.6 Å². The van der Waals surface area contributed by atoms with Gasteiger partial charge in [-0.15, -0.1) is 0 Å². The Morgan fingerprint density at radius 2 is 2.13 bits per heavy atom. The first kappa shape index (κ1) is 10.5. The SMILES string of the molecule is COc1c(N)nsc1N(C)C1CCCC1. The van der Waals surface area contributed by atoms with Crippen LogP contribution in [0.5, 0.6) is 5.75 Å². The van der Waals surface area contributed by atoms with Gasteiger partial charge in [0, 0.05) is 13.1 Å². The second-order valence-corrected chi connectivity index (χ2v) is 4.71. The fourth-order valence-electron chi connectivity index (χ4n) is 2.16. The van der Waals surface area contributed by atoms with Gasteiger partial charge in [-0.25, -0.2) is 0 Å². The zero-order valence-electron chi connectivity index (χ0n) is 9.19. The fraction of sp³-hybridized carbons (Fsp3) is 0.700. The van der Waals surface area contributed by atoms with Crippen molar-refractivity contribution in [1.29, 1.82) is 0 Å². The van der Waals surface area contributed by atoms with E-state index >= 15 is 0 Å². The highest BCUT2D eigenvalue weighted by Gasteiger charge is 2.24. The molecule has 0 atom stereocenters. The molecule has 1 aromatic heterocycles. The van der Waals surface area contributed by atoms with E-state index in [4.69, 9.17) is 10.5 Å². The Morgan fingerprint density at radius 1 is 1.47 bits per heavy atom. The third-order valence-corrected chi connectivity index (χ3v) is 3.99. The van der Waals surface area contributed by atoms with Gasteiger partial charge in [0.2, 0.25) is 0 Å². The molecule has 1 saturated carbocycles. The summed E-state index contributed by atoms with van der Waals surface area (Å²) >= 11 is 1.42. The molecule has 0 aromatic carbocycles. The molecule has 1 heterocycles. The van der Waals surface area contributed by atoms with E-state index < -0.39 is 0 Å². The number of ether oxygens (including phenoxy) is 1. The standard InChI is InChI=1S/C10H17N3OS/c1-13(7-5-3-4-6-7)10-8(14-2)9(11)12-15-10/h7H,3-6H2,1-2H3,(H2,11,12). The lowest BCUT2D eigenvalue weighted by atomic mass is 10.2. The van der Waals surface area contributed by atoms with E-state index in [2.05, 4.69) is 16.3 Å². The molecule has 1 aliphatic carbocycles. The number of hydrogen-bond donors (Lipinski definition) is 1. The van der Waals surface area contributed by atoms with Gasteiger partial charge in [-0.05, 0) is 24.4 Å². The topological polar surface area (TPSA) is 51.4 Å². The molecule has 84 valence electrons. The van der Waals surface area contributed by atoms with Gasteiger partial charge in [0.25, 0.3) is 0 Å². The average Bonchev–Trinajstić information content (AvgIpc) is 2.85. The Bertz CT molecular complexity index is 333. The second-order valence-electron chi connectivity index (χ2n) is 3.96. The molecule has 5 heteroatoms. The number of nitrogen functional groups attached to an aromatic ring is 1. The van der Waals surface area contributed by atoms with Crippen molar-refractivity contribution >= 4 is 22.4 Å². The number of nitrogens with two attached hydrogens (primary N) is 1. The Hall–Kier alpha value is -0.970. The number of aromatic nitrogens is 1. The molecular weight excluding hydrogens is 210 g/mol. The first-order chi connectivity index (χ1) is 7.24. The summed E-state index contributed by atoms with van der Waals surface area (Å²) in [6.07, 6.45) is 5.17. The van der Waals surface area contributed by atoms with Crippen LogP contribution in [0.3, 0.4) is 0 Å². The number of nitrogens with zero attached hydrogens (tertiary/aromatic N) is 2. The molecule has 0 aliphatic heterocycles. The lowest BCUT2D eigenvalue weighted by Gasteiger charge is -2.24. The predicted molar refractivity (Wildman–Crippen MR) is 63.7 cm³/mol. The molecule has 2 rings (SSSR count). The molecule has 2 N–H and O–H groups in total. The summed E-state index contributed by atoms with van der Waals surface area (Å²) in [5.74, 6) is 1.23. The van der Waals surface area contributed by atoms with Gasteiger partial charge in [0.15, 0.2) is 16.6 Å². The molecule has 0 unspecified atom stereocenters. The van der Waals surface area contributed by atoms with Crippen molar-refractivity contribution in [1.82, 2.24) is 4.37 Å². The first-order valence-electron chi connectivity index (χ1n) is 5.26. The van der Waals surface area contributed by atoms with Crippen molar-refractivity contribution in [2.24, 2.45) is 0 Å². The highest BCUT2D eigenvalue weighted by Crippen LogP contribution is 2.40. The van der Waals surface area contributed by atoms with E-state index in [-0.39, 0.29) is 0 Å². The lowest BCUT2D eigenvalue weighted by Crippen LogP contribution is -2.28. The largest absolute Gasteiger partial charge is 0.490 e. The normalized spacial score (nSPS) is 16.9. The molecule has 4 nitrogen and oxygen atoms in total. The number of hydrogen-bond acceptors (Lipinski definition) is 5. The smallest absolute Gasteiger partial charge is 0.197 e. The fourth-order valence-corrected chi connectivity index (χ4v) is 2.98. The summed E-state index contributed by atoms with van der Waals surface area (Å²) in [5, 5.41) is 1.06. The van der Waals surface area contributed by atoms with Gasteiger partial charge in [0.1, 0.15) is 0 Å². The molecule has 1 fully saturated rings. The van der Waals surface area contributed by atoms with Crippen LogP contribution in [0.4, 0.5) is 10.8 Å². The van der Waals surface area contributed by atoms with Crippen LogP contribution < -0.4 is 15.4 Å². The Kier molecular flexibility index (Phi) is 3.00. The summed E-state index contributed by atoms with van der Waals surface area (Å²) in [6.45, 7) is 0. The third kappa shape index (κ3) is 1.88. The molecule has 0 spiro atoms. The van der Waals surface area contributed by atoms with Crippen LogP contribution in [-0.2, 0) is 0 Å². The maximum absolute atomic E-state index is 5.74. The number of methoxy groups -OCH3 is 1. The lowest BCUT2D eigenvalue weighted by molar-refractivity contribution is 0.417. The van der Waals surface area contributed by atoms with E-state index in [1.165, 1.54) is 37.2 Å². The molecule has 1 aliphatic rings. The molecule has 0 bridgehead atoms. The quantitative estimate of drug-likeness (QED) is 0.859. The number of anilines is 2. The molecular formula is C10H17N3OS. The molecule has 0 radical (unpaired) electrons. The molecule has 15 heavy (non-hydrogen) atoms. The average molecular weight is 227 g/mol. The molecule has 0 saturated heterocycles. The minimum absolute atomic E-state index is 0.502.